The highest BCUT2D eigenvalue weighted by molar-refractivity contribution is 6.10. The van der Waals surface area contributed by atoms with Crippen LogP contribution in [-0.4, -0.2) is 58.7 Å². The number of para-hydroxylation sites is 1. The molecule has 116 valence electrons. The number of hydrogen-bond donors (Lipinski definition) is 1. The van der Waals surface area contributed by atoms with Crippen molar-refractivity contribution in [2.24, 2.45) is 0 Å². The maximum Gasteiger partial charge on any atom is 0.219 e. The standard InChI is InChI=1S/C17H21N3O2/c1-12(19-7-9-20(10-8-19)13(2)21)17(22)15-11-18-16-6-4-3-5-14(15)16/h3-6,11-12,18H,7-10H2,1-2H3/t12-/m1/s1. The quantitative estimate of drug-likeness (QED) is 0.881. The van der Waals surface area contributed by atoms with E-state index in [1.54, 1.807) is 13.1 Å². The number of benzene rings is 1. The van der Waals surface area contributed by atoms with Crippen molar-refractivity contribution in [3.05, 3.63) is 36.0 Å². The molecular formula is C17H21N3O2. The molecule has 1 N–H and O–H groups in total. The van der Waals surface area contributed by atoms with Gasteiger partial charge in [-0.1, -0.05) is 18.2 Å². The Hall–Kier alpha value is -2.14. The molecule has 2 aromatic rings. The Morgan fingerprint density at radius 3 is 2.50 bits per heavy atom. The number of carbonyl (C=O) groups excluding carboxylic acids is 2. The predicted octanol–water partition coefficient (Wildman–Crippen LogP) is 1.90. The van der Waals surface area contributed by atoms with Gasteiger partial charge in [0.05, 0.1) is 6.04 Å². The van der Waals surface area contributed by atoms with Crippen LogP contribution in [0.25, 0.3) is 10.9 Å². The normalized spacial score (nSPS) is 17.6. The first-order valence-electron chi connectivity index (χ1n) is 7.68. The second-order valence-electron chi connectivity index (χ2n) is 5.83. The molecule has 0 spiro atoms. The second kappa shape index (κ2) is 5.93. The zero-order valence-electron chi connectivity index (χ0n) is 13.0. The molecule has 0 bridgehead atoms. The van der Waals surface area contributed by atoms with Crippen molar-refractivity contribution in [1.29, 1.82) is 0 Å². The number of Topliss-reactive ketones (excluding diaryl/α,β-unsaturated/α-hetero) is 1. The van der Waals surface area contributed by atoms with Crippen molar-refractivity contribution >= 4 is 22.6 Å². The number of nitrogens with one attached hydrogen (secondary N) is 1. The largest absolute Gasteiger partial charge is 0.360 e. The molecule has 0 aliphatic carbocycles. The Kier molecular flexibility index (Phi) is 3.98. The number of rotatable bonds is 3. The summed E-state index contributed by atoms with van der Waals surface area (Å²) in [6, 6.07) is 7.68. The molecule has 1 saturated heterocycles. The number of aromatic nitrogens is 1. The fraction of sp³-hybridized carbons (Fsp3) is 0.412. The van der Waals surface area contributed by atoms with E-state index in [-0.39, 0.29) is 17.7 Å². The van der Waals surface area contributed by atoms with Gasteiger partial charge in [-0.25, -0.2) is 0 Å². The molecule has 1 aromatic carbocycles. The summed E-state index contributed by atoms with van der Waals surface area (Å²) >= 11 is 0. The molecule has 5 nitrogen and oxygen atoms in total. The van der Waals surface area contributed by atoms with E-state index >= 15 is 0 Å². The number of carbonyl (C=O) groups is 2. The van der Waals surface area contributed by atoms with E-state index in [4.69, 9.17) is 0 Å². The maximum absolute atomic E-state index is 12.8. The number of piperazine rings is 1. The summed E-state index contributed by atoms with van der Waals surface area (Å²) in [4.78, 5) is 31.3. The zero-order valence-corrected chi connectivity index (χ0v) is 13.0. The van der Waals surface area contributed by atoms with Crippen LogP contribution in [0.2, 0.25) is 0 Å². The summed E-state index contributed by atoms with van der Waals surface area (Å²) in [5.74, 6) is 0.240. The third-order valence-electron chi connectivity index (χ3n) is 4.54. The lowest BCUT2D eigenvalue weighted by Gasteiger charge is -2.37. The molecule has 2 heterocycles. The molecule has 0 saturated carbocycles. The van der Waals surface area contributed by atoms with Crippen LogP contribution >= 0.6 is 0 Å². The minimum Gasteiger partial charge on any atom is -0.360 e. The van der Waals surface area contributed by atoms with Crippen LogP contribution in [-0.2, 0) is 4.79 Å². The lowest BCUT2D eigenvalue weighted by molar-refractivity contribution is -0.130. The van der Waals surface area contributed by atoms with Gasteiger partial charge in [0.25, 0.3) is 0 Å². The fourth-order valence-electron chi connectivity index (χ4n) is 3.09. The van der Waals surface area contributed by atoms with Crippen molar-refractivity contribution in [1.82, 2.24) is 14.8 Å². The van der Waals surface area contributed by atoms with Gasteiger partial charge in [0.2, 0.25) is 5.91 Å². The summed E-state index contributed by atoms with van der Waals surface area (Å²) < 4.78 is 0. The van der Waals surface area contributed by atoms with E-state index in [1.807, 2.05) is 36.1 Å². The van der Waals surface area contributed by atoms with Crippen LogP contribution < -0.4 is 0 Å². The van der Waals surface area contributed by atoms with Gasteiger partial charge in [-0.15, -0.1) is 0 Å². The van der Waals surface area contributed by atoms with E-state index in [0.29, 0.717) is 13.1 Å². The summed E-state index contributed by atoms with van der Waals surface area (Å²) in [6.45, 7) is 6.43. The first-order chi connectivity index (χ1) is 10.6. The third-order valence-corrected chi connectivity index (χ3v) is 4.54. The highest BCUT2D eigenvalue weighted by Gasteiger charge is 2.28. The van der Waals surface area contributed by atoms with Crippen LogP contribution in [0, 0.1) is 0 Å². The van der Waals surface area contributed by atoms with Gasteiger partial charge in [0.15, 0.2) is 5.78 Å². The fourth-order valence-corrected chi connectivity index (χ4v) is 3.09. The Balaban J connectivity index is 1.74. The van der Waals surface area contributed by atoms with Crippen molar-refractivity contribution in [2.45, 2.75) is 19.9 Å². The van der Waals surface area contributed by atoms with Crippen LogP contribution in [0.4, 0.5) is 0 Å². The molecule has 1 amide bonds. The molecule has 1 aliphatic rings. The summed E-state index contributed by atoms with van der Waals surface area (Å²) in [6.07, 6.45) is 1.80. The SMILES string of the molecule is CC(=O)N1CCN([C@H](C)C(=O)c2c[nH]c3ccccc23)CC1. The minimum absolute atomic E-state index is 0.107. The topological polar surface area (TPSA) is 56.4 Å². The number of hydrogen-bond acceptors (Lipinski definition) is 3. The Bertz CT molecular complexity index is 699. The van der Waals surface area contributed by atoms with Crippen molar-refractivity contribution in [3.8, 4) is 0 Å². The van der Waals surface area contributed by atoms with Gasteiger partial charge in [0, 0.05) is 55.8 Å². The lowest BCUT2D eigenvalue weighted by Crippen LogP contribution is -2.52. The molecule has 1 aliphatic heterocycles. The van der Waals surface area contributed by atoms with E-state index in [0.717, 1.165) is 29.6 Å². The Morgan fingerprint density at radius 1 is 1.14 bits per heavy atom. The first-order valence-corrected chi connectivity index (χ1v) is 7.68. The molecule has 0 radical (unpaired) electrons. The monoisotopic (exact) mass is 299 g/mol. The molecule has 22 heavy (non-hydrogen) atoms. The third kappa shape index (κ3) is 2.64. The maximum atomic E-state index is 12.8. The van der Waals surface area contributed by atoms with Crippen molar-refractivity contribution in [3.63, 3.8) is 0 Å². The molecular weight excluding hydrogens is 278 g/mol. The summed E-state index contributed by atoms with van der Waals surface area (Å²) in [5, 5.41) is 0.974. The van der Waals surface area contributed by atoms with E-state index < -0.39 is 0 Å². The highest BCUT2D eigenvalue weighted by atomic mass is 16.2. The van der Waals surface area contributed by atoms with Gasteiger partial charge < -0.3 is 9.88 Å². The van der Waals surface area contributed by atoms with E-state index in [9.17, 15) is 9.59 Å². The van der Waals surface area contributed by atoms with Gasteiger partial charge in [0.1, 0.15) is 0 Å². The average Bonchev–Trinajstić information content (AvgIpc) is 2.97. The van der Waals surface area contributed by atoms with Crippen LogP contribution in [0.15, 0.2) is 30.5 Å². The highest BCUT2D eigenvalue weighted by Crippen LogP contribution is 2.21. The van der Waals surface area contributed by atoms with Crippen LogP contribution in [0.3, 0.4) is 0 Å². The lowest BCUT2D eigenvalue weighted by atomic mass is 10.0. The average molecular weight is 299 g/mol. The van der Waals surface area contributed by atoms with Crippen molar-refractivity contribution in [2.75, 3.05) is 26.2 Å². The molecule has 0 unspecified atom stereocenters. The molecule has 3 rings (SSSR count). The summed E-state index contributed by atoms with van der Waals surface area (Å²) in [7, 11) is 0. The molecule has 1 fully saturated rings. The smallest absolute Gasteiger partial charge is 0.219 e. The first kappa shape index (κ1) is 14.8. The van der Waals surface area contributed by atoms with Gasteiger partial charge >= 0.3 is 0 Å². The Labute approximate surface area is 129 Å². The Morgan fingerprint density at radius 2 is 1.82 bits per heavy atom. The number of fused-ring (bicyclic) bond motifs is 1. The van der Waals surface area contributed by atoms with Crippen LogP contribution in [0.5, 0.6) is 0 Å². The van der Waals surface area contributed by atoms with Gasteiger partial charge in [-0.2, -0.15) is 0 Å². The predicted molar refractivity (Wildman–Crippen MR) is 85.9 cm³/mol. The molecule has 5 heteroatoms. The van der Waals surface area contributed by atoms with Gasteiger partial charge in [-0.05, 0) is 13.0 Å². The number of amides is 1. The zero-order chi connectivity index (χ0) is 15.7. The van der Waals surface area contributed by atoms with Crippen molar-refractivity contribution < 1.29 is 9.59 Å². The minimum atomic E-state index is -0.173. The summed E-state index contributed by atoms with van der Waals surface area (Å²) in [5.41, 5.74) is 1.73. The van der Waals surface area contributed by atoms with E-state index in [2.05, 4.69) is 9.88 Å². The number of ketones is 1. The number of aromatic amines is 1. The molecule has 1 atom stereocenters. The van der Waals surface area contributed by atoms with Crippen LogP contribution in [0.1, 0.15) is 24.2 Å². The number of H-pyrrole nitrogens is 1. The van der Waals surface area contributed by atoms with E-state index in [1.165, 1.54) is 0 Å². The van der Waals surface area contributed by atoms with Gasteiger partial charge in [-0.3, -0.25) is 14.5 Å². The molecule has 1 aromatic heterocycles. The second-order valence-corrected chi connectivity index (χ2v) is 5.83. The number of nitrogens with zero attached hydrogens (tertiary/aromatic N) is 2.